The molecule has 0 spiro atoms. The van der Waals surface area contributed by atoms with Gasteiger partial charge in [0.25, 0.3) is 0 Å². The van der Waals surface area contributed by atoms with Crippen LogP contribution < -0.4 is 5.43 Å². The molecule has 0 aromatic carbocycles. The number of aromatic nitrogens is 1. The molecule has 2 aliphatic carbocycles. The van der Waals surface area contributed by atoms with Crippen molar-refractivity contribution >= 4 is 5.97 Å². The Hall–Kier alpha value is -1.58. The van der Waals surface area contributed by atoms with Crippen molar-refractivity contribution in [3.63, 3.8) is 0 Å². The van der Waals surface area contributed by atoms with Crippen molar-refractivity contribution in [1.82, 2.24) is 4.98 Å². The number of carbonyl (C=O) groups is 1. The fourth-order valence-corrected chi connectivity index (χ4v) is 4.08. The summed E-state index contributed by atoms with van der Waals surface area (Å²) in [7, 11) is 0. The van der Waals surface area contributed by atoms with E-state index in [-0.39, 0.29) is 27.9 Å². The van der Waals surface area contributed by atoms with Gasteiger partial charge in [-0.15, -0.1) is 0 Å². The fraction of sp³-hybridized carbons (Fsp3) is 0.625. The average Bonchev–Trinajstić information content (AvgIpc) is 2.72. The summed E-state index contributed by atoms with van der Waals surface area (Å²) in [5.74, 6) is 0.112. The molecule has 2 fully saturated rings. The summed E-state index contributed by atoms with van der Waals surface area (Å²) < 4.78 is 5.69. The van der Waals surface area contributed by atoms with E-state index >= 15 is 0 Å². The van der Waals surface area contributed by atoms with Crippen LogP contribution in [0.25, 0.3) is 0 Å². The summed E-state index contributed by atoms with van der Waals surface area (Å²) in [6, 6.07) is 1.35. The SMILES string of the molecule is CC1(C)C2CCC1(C)C(OC(=O)c1c[nH]ccc1=O)C2. The first-order valence-electron chi connectivity index (χ1n) is 7.24. The van der Waals surface area contributed by atoms with E-state index in [2.05, 4.69) is 25.8 Å². The Bertz CT molecular complexity index is 604. The van der Waals surface area contributed by atoms with Gasteiger partial charge in [0.2, 0.25) is 0 Å². The third kappa shape index (κ3) is 1.67. The zero-order valence-corrected chi connectivity index (χ0v) is 12.2. The molecule has 1 aromatic heterocycles. The van der Waals surface area contributed by atoms with Crippen LogP contribution >= 0.6 is 0 Å². The van der Waals surface area contributed by atoms with E-state index in [1.807, 2.05) is 0 Å². The maximum absolute atomic E-state index is 12.2. The van der Waals surface area contributed by atoms with E-state index in [0.717, 1.165) is 12.8 Å². The number of fused-ring (bicyclic) bond motifs is 2. The summed E-state index contributed by atoms with van der Waals surface area (Å²) in [4.78, 5) is 26.7. The lowest BCUT2D eigenvalue weighted by Gasteiger charge is -2.38. The maximum Gasteiger partial charge on any atom is 0.343 e. The van der Waals surface area contributed by atoms with E-state index in [9.17, 15) is 9.59 Å². The Morgan fingerprint density at radius 2 is 2.15 bits per heavy atom. The van der Waals surface area contributed by atoms with Gasteiger partial charge in [-0.2, -0.15) is 0 Å². The first-order valence-corrected chi connectivity index (χ1v) is 7.24. The minimum atomic E-state index is -0.499. The van der Waals surface area contributed by atoms with Gasteiger partial charge in [-0.1, -0.05) is 20.8 Å². The summed E-state index contributed by atoms with van der Waals surface area (Å²) in [6.07, 6.45) is 6.08. The third-order valence-electron chi connectivity index (χ3n) is 6.01. The van der Waals surface area contributed by atoms with E-state index in [0.29, 0.717) is 5.92 Å². The van der Waals surface area contributed by atoms with Gasteiger partial charge >= 0.3 is 5.97 Å². The van der Waals surface area contributed by atoms with E-state index < -0.39 is 5.97 Å². The van der Waals surface area contributed by atoms with Crippen molar-refractivity contribution in [2.24, 2.45) is 16.7 Å². The number of ether oxygens (including phenoxy) is 1. The lowest BCUT2D eigenvalue weighted by Crippen LogP contribution is -2.38. The molecule has 0 saturated heterocycles. The minimum absolute atomic E-state index is 0.0227. The maximum atomic E-state index is 12.2. The highest BCUT2D eigenvalue weighted by atomic mass is 16.5. The van der Waals surface area contributed by atoms with Gasteiger partial charge in [0, 0.05) is 23.9 Å². The quantitative estimate of drug-likeness (QED) is 0.844. The van der Waals surface area contributed by atoms with Gasteiger partial charge < -0.3 is 9.72 Å². The average molecular weight is 275 g/mol. The molecule has 0 radical (unpaired) electrons. The number of nitrogens with one attached hydrogen (secondary N) is 1. The number of hydrogen-bond donors (Lipinski definition) is 1. The van der Waals surface area contributed by atoms with E-state index in [4.69, 9.17) is 4.74 Å². The van der Waals surface area contributed by atoms with Gasteiger partial charge in [-0.25, -0.2) is 4.79 Å². The van der Waals surface area contributed by atoms with Crippen molar-refractivity contribution in [2.45, 2.75) is 46.1 Å². The number of rotatable bonds is 2. The van der Waals surface area contributed by atoms with Gasteiger partial charge in [-0.3, -0.25) is 4.79 Å². The number of H-pyrrole nitrogens is 1. The van der Waals surface area contributed by atoms with Crippen LogP contribution in [0.3, 0.4) is 0 Å². The number of carbonyl (C=O) groups excluding carboxylic acids is 1. The second kappa shape index (κ2) is 4.21. The smallest absolute Gasteiger partial charge is 0.343 e. The number of esters is 1. The monoisotopic (exact) mass is 275 g/mol. The molecule has 2 bridgehead atoms. The first kappa shape index (κ1) is 13.4. The van der Waals surface area contributed by atoms with Crippen LogP contribution in [-0.4, -0.2) is 17.1 Å². The zero-order chi connectivity index (χ0) is 14.5. The van der Waals surface area contributed by atoms with Crippen LogP contribution in [-0.2, 0) is 4.74 Å². The molecule has 3 unspecified atom stereocenters. The molecule has 0 amide bonds. The van der Waals surface area contributed by atoms with Crippen LogP contribution in [0.4, 0.5) is 0 Å². The summed E-state index contributed by atoms with van der Waals surface area (Å²) in [5, 5.41) is 0. The second-order valence-corrected chi connectivity index (χ2v) is 6.93. The molecule has 1 N–H and O–H groups in total. The lowest BCUT2D eigenvalue weighted by atomic mass is 9.70. The third-order valence-corrected chi connectivity index (χ3v) is 6.01. The van der Waals surface area contributed by atoms with Gasteiger partial charge in [0.05, 0.1) is 0 Å². The Morgan fingerprint density at radius 1 is 1.40 bits per heavy atom. The predicted molar refractivity (Wildman–Crippen MR) is 75.5 cm³/mol. The van der Waals surface area contributed by atoms with Crippen molar-refractivity contribution in [3.05, 3.63) is 34.2 Å². The molecule has 4 nitrogen and oxygen atoms in total. The molecule has 20 heavy (non-hydrogen) atoms. The van der Waals surface area contributed by atoms with Crippen LogP contribution in [0.2, 0.25) is 0 Å². The highest BCUT2D eigenvalue weighted by Crippen LogP contribution is 2.66. The van der Waals surface area contributed by atoms with Crippen molar-refractivity contribution in [2.75, 3.05) is 0 Å². The highest BCUT2D eigenvalue weighted by Gasteiger charge is 2.62. The number of hydrogen-bond acceptors (Lipinski definition) is 3. The molecular weight excluding hydrogens is 254 g/mol. The van der Waals surface area contributed by atoms with Crippen molar-refractivity contribution in [1.29, 1.82) is 0 Å². The van der Waals surface area contributed by atoms with E-state index in [1.54, 1.807) is 0 Å². The summed E-state index contributed by atoms with van der Waals surface area (Å²) in [5.41, 5.74) is 0.0219. The molecule has 108 valence electrons. The number of aromatic amines is 1. The van der Waals surface area contributed by atoms with Crippen LogP contribution in [0.15, 0.2) is 23.3 Å². The van der Waals surface area contributed by atoms with Gasteiger partial charge in [-0.05, 0) is 30.6 Å². The molecule has 2 aliphatic rings. The zero-order valence-electron chi connectivity index (χ0n) is 12.2. The lowest BCUT2D eigenvalue weighted by molar-refractivity contribution is -0.0243. The molecule has 1 heterocycles. The molecule has 3 atom stereocenters. The minimum Gasteiger partial charge on any atom is -0.458 e. The largest absolute Gasteiger partial charge is 0.458 e. The van der Waals surface area contributed by atoms with Crippen LogP contribution in [0.1, 0.15) is 50.4 Å². The number of pyridine rings is 1. The molecular formula is C16H21NO3. The Morgan fingerprint density at radius 3 is 2.70 bits per heavy atom. The fourth-order valence-electron chi connectivity index (χ4n) is 4.08. The molecule has 3 rings (SSSR count). The van der Waals surface area contributed by atoms with Crippen molar-refractivity contribution in [3.8, 4) is 0 Å². The Kier molecular flexibility index (Phi) is 2.82. The van der Waals surface area contributed by atoms with Gasteiger partial charge in [0.15, 0.2) is 5.43 Å². The topological polar surface area (TPSA) is 59.2 Å². The molecule has 4 heteroatoms. The molecule has 0 aliphatic heterocycles. The van der Waals surface area contributed by atoms with Crippen LogP contribution in [0, 0.1) is 16.7 Å². The predicted octanol–water partition coefficient (Wildman–Crippen LogP) is 2.75. The second-order valence-electron chi connectivity index (χ2n) is 6.93. The Balaban J connectivity index is 1.82. The van der Waals surface area contributed by atoms with Gasteiger partial charge in [0.1, 0.15) is 11.7 Å². The normalized spacial score (nSPS) is 34.1. The van der Waals surface area contributed by atoms with E-state index in [1.165, 1.54) is 24.9 Å². The first-order chi connectivity index (χ1) is 9.36. The summed E-state index contributed by atoms with van der Waals surface area (Å²) >= 11 is 0. The molecule has 2 saturated carbocycles. The highest BCUT2D eigenvalue weighted by molar-refractivity contribution is 5.89. The Labute approximate surface area is 118 Å². The molecule has 1 aromatic rings. The van der Waals surface area contributed by atoms with Crippen molar-refractivity contribution < 1.29 is 9.53 Å². The standard InChI is InChI=1S/C16H21NO3/c1-15(2)10-4-6-16(15,3)13(8-10)20-14(19)11-9-17-7-5-12(11)18/h5,7,9-10,13H,4,6,8H2,1-3H3,(H,17,18). The van der Waals surface area contributed by atoms with Crippen LogP contribution in [0.5, 0.6) is 0 Å². The summed E-state index contributed by atoms with van der Waals surface area (Å²) in [6.45, 7) is 6.76.